The molecule has 3 aromatic rings. The zero-order valence-electron chi connectivity index (χ0n) is 17.6. The number of carbonyl (C=O) groups excluding carboxylic acids is 2. The number of aliphatic hydroxyl groups is 1. The summed E-state index contributed by atoms with van der Waals surface area (Å²) >= 11 is 1.43. The lowest BCUT2D eigenvalue weighted by molar-refractivity contribution is -0.140. The fourth-order valence-electron chi connectivity index (χ4n) is 3.65. The fraction of sp³-hybridized carbons (Fsp3) is 0.200. The largest absolute Gasteiger partial charge is 0.507 e. The summed E-state index contributed by atoms with van der Waals surface area (Å²) < 4.78 is 10.9. The number of methoxy groups -OCH3 is 1. The minimum atomic E-state index is -0.693. The Labute approximate surface area is 190 Å². The summed E-state index contributed by atoms with van der Waals surface area (Å²) in [7, 11) is 1.54. The van der Waals surface area contributed by atoms with Gasteiger partial charge in [-0.1, -0.05) is 36.4 Å². The second-order valence-electron chi connectivity index (χ2n) is 7.30. The Bertz CT molecular complexity index is 1110. The first-order valence-corrected chi connectivity index (χ1v) is 11.1. The van der Waals surface area contributed by atoms with Crippen LogP contribution in [0.3, 0.4) is 0 Å². The van der Waals surface area contributed by atoms with Crippen molar-refractivity contribution in [2.45, 2.75) is 12.6 Å². The molecule has 0 bridgehead atoms. The third kappa shape index (κ3) is 4.44. The van der Waals surface area contributed by atoms with E-state index < -0.39 is 17.7 Å². The molecule has 32 heavy (non-hydrogen) atoms. The summed E-state index contributed by atoms with van der Waals surface area (Å²) in [5, 5.41) is 12.9. The highest BCUT2D eigenvalue weighted by atomic mass is 32.1. The monoisotopic (exact) mass is 449 g/mol. The summed E-state index contributed by atoms with van der Waals surface area (Å²) in [5.41, 5.74) is 1.58. The van der Waals surface area contributed by atoms with E-state index in [1.807, 2.05) is 47.8 Å². The van der Waals surface area contributed by atoms with Crippen molar-refractivity contribution in [3.8, 4) is 5.75 Å². The number of ketones is 1. The molecule has 2 aromatic carbocycles. The normalized spacial score (nSPS) is 17.7. The molecule has 4 rings (SSSR count). The summed E-state index contributed by atoms with van der Waals surface area (Å²) in [6, 6.07) is 19.7. The predicted octanol–water partition coefficient (Wildman–Crippen LogP) is 4.40. The zero-order chi connectivity index (χ0) is 22.5. The van der Waals surface area contributed by atoms with Crippen molar-refractivity contribution in [1.82, 2.24) is 4.90 Å². The number of benzene rings is 2. The Morgan fingerprint density at radius 3 is 2.44 bits per heavy atom. The number of aliphatic hydroxyl groups excluding tert-OH is 1. The standard InChI is InChI=1S/C25H23NO5S/c1-30-14-13-26-22(20-8-5-15-32-20)21(24(28)25(26)29)23(27)18-9-11-19(12-10-18)31-16-17-6-3-2-4-7-17/h2-12,15,22,27H,13-14,16H2,1H3/b23-21+. The van der Waals surface area contributed by atoms with Crippen molar-refractivity contribution in [3.05, 3.63) is 93.7 Å². The third-order valence-electron chi connectivity index (χ3n) is 5.27. The van der Waals surface area contributed by atoms with Crippen molar-refractivity contribution in [3.63, 3.8) is 0 Å². The number of likely N-dealkylation sites (tertiary alicyclic amines) is 1. The molecule has 1 unspecified atom stereocenters. The van der Waals surface area contributed by atoms with Crippen molar-refractivity contribution in [2.75, 3.05) is 20.3 Å². The molecule has 1 fully saturated rings. The molecule has 164 valence electrons. The molecule has 1 aliphatic heterocycles. The molecule has 1 aliphatic rings. The molecule has 1 aromatic heterocycles. The van der Waals surface area contributed by atoms with E-state index in [2.05, 4.69) is 0 Å². The van der Waals surface area contributed by atoms with Gasteiger partial charge in [0.05, 0.1) is 18.2 Å². The van der Waals surface area contributed by atoms with Crippen molar-refractivity contribution in [1.29, 1.82) is 0 Å². The van der Waals surface area contributed by atoms with Gasteiger partial charge in [0.2, 0.25) is 0 Å². The van der Waals surface area contributed by atoms with Crippen LogP contribution in [0.2, 0.25) is 0 Å². The van der Waals surface area contributed by atoms with E-state index in [1.165, 1.54) is 23.3 Å². The highest BCUT2D eigenvalue weighted by Gasteiger charge is 2.46. The van der Waals surface area contributed by atoms with Crippen LogP contribution < -0.4 is 4.74 Å². The maximum Gasteiger partial charge on any atom is 0.295 e. The van der Waals surface area contributed by atoms with E-state index in [9.17, 15) is 14.7 Å². The number of Topliss-reactive ketones (excluding diaryl/α,β-unsaturated/α-hetero) is 1. The number of hydrogen-bond donors (Lipinski definition) is 1. The van der Waals surface area contributed by atoms with Gasteiger partial charge >= 0.3 is 0 Å². The Kier molecular flexibility index (Phi) is 6.68. The van der Waals surface area contributed by atoms with Crippen LogP contribution in [-0.4, -0.2) is 42.0 Å². The van der Waals surface area contributed by atoms with Gasteiger partial charge in [0.1, 0.15) is 18.1 Å². The maximum absolute atomic E-state index is 12.9. The van der Waals surface area contributed by atoms with E-state index in [0.717, 1.165) is 10.4 Å². The molecule has 0 saturated carbocycles. The lowest BCUT2D eigenvalue weighted by Crippen LogP contribution is -2.32. The molecule has 0 spiro atoms. The Morgan fingerprint density at radius 2 is 1.78 bits per heavy atom. The van der Waals surface area contributed by atoms with E-state index in [-0.39, 0.29) is 17.9 Å². The number of amides is 1. The highest BCUT2D eigenvalue weighted by Crippen LogP contribution is 2.41. The van der Waals surface area contributed by atoms with Gasteiger partial charge in [-0.25, -0.2) is 0 Å². The molecular formula is C25H23NO5S. The van der Waals surface area contributed by atoms with Crippen LogP contribution in [0.5, 0.6) is 5.75 Å². The summed E-state index contributed by atoms with van der Waals surface area (Å²) in [6.07, 6.45) is 0. The van der Waals surface area contributed by atoms with Gasteiger partial charge in [0.25, 0.3) is 11.7 Å². The maximum atomic E-state index is 12.9. The molecule has 0 radical (unpaired) electrons. The molecule has 2 heterocycles. The van der Waals surface area contributed by atoms with Crippen LogP contribution in [0.4, 0.5) is 0 Å². The Hall–Kier alpha value is -3.42. The van der Waals surface area contributed by atoms with Gasteiger partial charge in [-0.05, 0) is 41.3 Å². The van der Waals surface area contributed by atoms with E-state index in [4.69, 9.17) is 9.47 Å². The lowest BCUT2D eigenvalue weighted by Gasteiger charge is -2.23. The SMILES string of the molecule is COCCN1C(=O)C(=O)/C(=C(/O)c2ccc(OCc3ccccc3)cc2)C1c1cccs1. The Morgan fingerprint density at radius 1 is 1.03 bits per heavy atom. The number of ether oxygens (including phenoxy) is 2. The lowest BCUT2D eigenvalue weighted by atomic mass is 10.00. The first-order valence-electron chi connectivity index (χ1n) is 10.2. The molecule has 0 aliphatic carbocycles. The van der Waals surface area contributed by atoms with E-state index >= 15 is 0 Å². The first kappa shape index (κ1) is 21.8. The summed E-state index contributed by atoms with van der Waals surface area (Å²) in [6.45, 7) is 0.976. The van der Waals surface area contributed by atoms with Gasteiger partial charge < -0.3 is 19.5 Å². The number of nitrogens with zero attached hydrogens (tertiary/aromatic N) is 1. The van der Waals surface area contributed by atoms with Crippen LogP contribution in [0, 0.1) is 0 Å². The van der Waals surface area contributed by atoms with Gasteiger partial charge in [0, 0.05) is 24.1 Å². The van der Waals surface area contributed by atoms with Crippen LogP contribution in [-0.2, 0) is 20.9 Å². The second-order valence-corrected chi connectivity index (χ2v) is 8.28. The van der Waals surface area contributed by atoms with Crippen LogP contribution >= 0.6 is 11.3 Å². The average molecular weight is 450 g/mol. The fourth-order valence-corrected chi connectivity index (χ4v) is 4.49. The number of thiophene rings is 1. The third-order valence-corrected chi connectivity index (χ3v) is 6.19. The quantitative estimate of drug-likeness (QED) is 0.314. The van der Waals surface area contributed by atoms with Gasteiger partial charge in [-0.3, -0.25) is 9.59 Å². The second kappa shape index (κ2) is 9.80. The van der Waals surface area contributed by atoms with Crippen molar-refractivity contribution < 1.29 is 24.2 Å². The number of rotatable bonds is 8. The minimum absolute atomic E-state index is 0.0894. The number of carbonyl (C=O) groups is 2. The first-order chi connectivity index (χ1) is 15.6. The predicted molar refractivity (Wildman–Crippen MR) is 122 cm³/mol. The zero-order valence-corrected chi connectivity index (χ0v) is 18.4. The Balaban J connectivity index is 1.61. The van der Waals surface area contributed by atoms with Gasteiger partial charge in [0.15, 0.2) is 0 Å². The van der Waals surface area contributed by atoms with E-state index in [1.54, 1.807) is 24.3 Å². The minimum Gasteiger partial charge on any atom is -0.507 e. The highest BCUT2D eigenvalue weighted by molar-refractivity contribution is 7.10. The molecule has 6 nitrogen and oxygen atoms in total. The molecule has 1 amide bonds. The van der Waals surface area contributed by atoms with Crippen LogP contribution in [0.15, 0.2) is 77.7 Å². The summed E-state index contributed by atoms with van der Waals surface area (Å²) in [5.74, 6) is -0.886. The van der Waals surface area contributed by atoms with Crippen molar-refractivity contribution >= 4 is 28.8 Å². The number of hydrogen-bond acceptors (Lipinski definition) is 6. The molecule has 1 atom stereocenters. The van der Waals surface area contributed by atoms with Crippen molar-refractivity contribution in [2.24, 2.45) is 0 Å². The molecule has 1 saturated heterocycles. The van der Waals surface area contributed by atoms with Gasteiger partial charge in [-0.2, -0.15) is 0 Å². The van der Waals surface area contributed by atoms with Crippen LogP contribution in [0.1, 0.15) is 22.0 Å². The molecule has 7 heteroatoms. The smallest absolute Gasteiger partial charge is 0.295 e. The summed E-state index contributed by atoms with van der Waals surface area (Å²) in [4.78, 5) is 27.8. The van der Waals surface area contributed by atoms with Gasteiger partial charge in [-0.15, -0.1) is 11.3 Å². The average Bonchev–Trinajstić information content (AvgIpc) is 3.44. The molecule has 1 N–H and O–H groups in total. The molecular weight excluding hydrogens is 426 g/mol. The van der Waals surface area contributed by atoms with E-state index in [0.29, 0.717) is 24.5 Å². The van der Waals surface area contributed by atoms with Crippen LogP contribution in [0.25, 0.3) is 5.76 Å². The topological polar surface area (TPSA) is 76.1 Å².